The van der Waals surface area contributed by atoms with E-state index < -0.39 is 42.8 Å². The summed E-state index contributed by atoms with van der Waals surface area (Å²) in [5.74, 6) is 0. The Kier molecular flexibility index (Phi) is 6.68. The lowest BCUT2D eigenvalue weighted by atomic mass is 9.77. The zero-order valence-corrected chi connectivity index (χ0v) is 17.9. The number of hydrogen-bond acceptors (Lipinski definition) is 5. The first-order valence-electron chi connectivity index (χ1n) is 10.7. The van der Waals surface area contributed by atoms with Crippen molar-refractivity contribution in [2.75, 3.05) is 6.61 Å². The van der Waals surface area contributed by atoms with Gasteiger partial charge in [0.15, 0.2) is 0 Å². The lowest BCUT2D eigenvalue weighted by Gasteiger charge is -2.40. The number of benzene rings is 2. The van der Waals surface area contributed by atoms with E-state index in [2.05, 4.69) is 0 Å². The van der Waals surface area contributed by atoms with Crippen molar-refractivity contribution < 1.29 is 29.6 Å². The summed E-state index contributed by atoms with van der Waals surface area (Å²) in [6, 6.07) is 13.0. The van der Waals surface area contributed by atoms with Gasteiger partial charge in [-0.05, 0) is 54.0 Å². The van der Waals surface area contributed by atoms with Crippen LogP contribution in [-0.2, 0) is 17.6 Å². The van der Waals surface area contributed by atoms with Crippen LogP contribution in [0.3, 0.4) is 0 Å². The van der Waals surface area contributed by atoms with E-state index in [0.29, 0.717) is 36.3 Å². The van der Waals surface area contributed by atoms with Gasteiger partial charge >= 0.3 is 0 Å². The van der Waals surface area contributed by atoms with Gasteiger partial charge in [0.2, 0.25) is 0 Å². The van der Waals surface area contributed by atoms with E-state index in [9.17, 15) is 24.8 Å². The van der Waals surface area contributed by atoms with Crippen LogP contribution in [0.4, 0.5) is 4.39 Å². The molecule has 2 aromatic rings. The number of halogens is 2. The molecule has 2 aliphatic rings. The number of rotatable bonds is 6. The van der Waals surface area contributed by atoms with Crippen LogP contribution in [0.5, 0.6) is 0 Å². The molecule has 1 aliphatic heterocycles. The van der Waals surface area contributed by atoms with Crippen LogP contribution in [0.25, 0.3) is 0 Å². The minimum atomic E-state index is -1.43. The smallest absolute Gasteiger partial charge is 0.115 e. The highest BCUT2D eigenvalue weighted by molar-refractivity contribution is 6.31. The lowest BCUT2D eigenvalue weighted by Crippen LogP contribution is -2.55. The van der Waals surface area contributed by atoms with Crippen LogP contribution < -0.4 is 0 Å². The second-order valence-electron chi connectivity index (χ2n) is 8.77. The van der Waals surface area contributed by atoms with Crippen molar-refractivity contribution in [2.45, 2.75) is 68.3 Å². The van der Waals surface area contributed by atoms with E-state index in [1.54, 1.807) is 18.2 Å². The summed E-state index contributed by atoms with van der Waals surface area (Å²) in [5.41, 5.74) is 2.34. The topological polar surface area (TPSA) is 90.2 Å². The van der Waals surface area contributed by atoms with Gasteiger partial charge in [0.05, 0.1) is 6.61 Å². The monoisotopic (exact) mass is 450 g/mol. The van der Waals surface area contributed by atoms with Crippen molar-refractivity contribution in [3.63, 3.8) is 0 Å². The Morgan fingerprint density at radius 2 is 1.65 bits per heavy atom. The molecule has 1 saturated carbocycles. The Labute approximate surface area is 186 Å². The molecular formula is C24H28ClFO5. The molecular weight excluding hydrogens is 423 g/mol. The minimum Gasteiger partial charge on any atom is -0.394 e. The predicted molar refractivity (Wildman–Crippen MR) is 115 cm³/mol. The fourth-order valence-corrected chi connectivity index (χ4v) is 4.57. The first-order chi connectivity index (χ1) is 14.8. The summed E-state index contributed by atoms with van der Waals surface area (Å²) in [5, 5.41) is 40.4. The molecule has 1 heterocycles. The quantitative estimate of drug-likeness (QED) is 0.543. The molecule has 0 bridgehead atoms. The highest BCUT2D eigenvalue weighted by Gasteiger charge is 2.44. The maximum atomic E-state index is 14.4. The van der Waals surface area contributed by atoms with E-state index >= 15 is 0 Å². The Hall–Kier alpha value is -1.54. The maximum Gasteiger partial charge on any atom is 0.115 e. The molecule has 0 amide bonds. The van der Waals surface area contributed by atoms with Crippen LogP contribution in [0.15, 0.2) is 42.5 Å². The van der Waals surface area contributed by atoms with E-state index in [4.69, 9.17) is 16.3 Å². The molecule has 168 valence electrons. The Balaban J connectivity index is 1.50. The lowest BCUT2D eigenvalue weighted by molar-refractivity contribution is -0.231. The highest BCUT2D eigenvalue weighted by atomic mass is 35.5. The third-order valence-corrected chi connectivity index (χ3v) is 6.85. The van der Waals surface area contributed by atoms with Crippen molar-refractivity contribution in [3.05, 3.63) is 69.7 Å². The molecule has 0 unspecified atom stereocenters. The Morgan fingerprint density at radius 3 is 2.26 bits per heavy atom. The largest absolute Gasteiger partial charge is 0.394 e. The van der Waals surface area contributed by atoms with Gasteiger partial charge in [-0.2, -0.15) is 0 Å². The van der Waals surface area contributed by atoms with E-state index in [1.807, 2.05) is 24.3 Å². The van der Waals surface area contributed by atoms with Crippen molar-refractivity contribution >= 4 is 11.6 Å². The zero-order chi connectivity index (χ0) is 22.2. The van der Waals surface area contributed by atoms with Gasteiger partial charge < -0.3 is 25.2 Å². The molecule has 0 spiro atoms. The second kappa shape index (κ2) is 9.14. The molecule has 0 radical (unpaired) electrons. The average molecular weight is 451 g/mol. The number of aliphatic hydroxyl groups is 4. The van der Waals surface area contributed by atoms with Crippen molar-refractivity contribution in [2.24, 2.45) is 0 Å². The van der Waals surface area contributed by atoms with Crippen LogP contribution >= 0.6 is 11.6 Å². The van der Waals surface area contributed by atoms with Crippen molar-refractivity contribution in [3.8, 4) is 0 Å². The minimum absolute atomic E-state index is 0.445. The third kappa shape index (κ3) is 4.80. The fourth-order valence-electron chi connectivity index (χ4n) is 4.38. The summed E-state index contributed by atoms with van der Waals surface area (Å²) >= 11 is 6.39. The molecule has 0 aromatic heterocycles. The van der Waals surface area contributed by atoms with Gasteiger partial charge in [0.25, 0.3) is 0 Å². The maximum absolute atomic E-state index is 14.4. The standard InChI is InChI=1S/C24H28ClFO5/c25-18-7-6-16(23-22(30)21(29)20(28)19(13-27)31-23)11-17(18)10-14-2-4-15(5-3-14)12-24(26)8-1-9-24/h2-7,11,19-23,27-30H,1,8-10,12-13H2/t19-,20-,21+,22-,23+/m1/s1. The van der Waals surface area contributed by atoms with Gasteiger partial charge in [0.1, 0.15) is 36.2 Å². The number of hydrogen-bond donors (Lipinski definition) is 4. The van der Waals surface area contributed by atoms with Gasteiger partial charge in [-0.15, -0.1) is 0 Å². The Bertz CT molecular complexity index is 899. The molecule has 5 atom stereocenters. The molecule has 1 saturated heterocycles. The molecule has 2 aromatic carbocycles. The van der Waals surface area contributed by atoms with Crippen LogP contribution in [0.1, 0.15) is 47.6 Å². The summed E-state index contributed by atoms with van der Waals surface area (Å²) < 4.78 is 20.0. The van der Waals surface area contributed by atoms with Crippen LogP contribution in [-0.4, -0.2) is 57.1 Å². The number of aliphatic hydroxyl groups excluding tert-OH is 4. The molecule has 1 aliphatic carbocycles. The number of ether oxygens (including phenoxy) is 1. The molecule has 31 heavy (non-hydrogen) atoms. The summed E-state index contributed by atoms with van der Waals surface area (Å²) in [6.45, 7) is -0.478. The van der Waals surface area contributed by atoms with Gasteiger partial charge in [-0.25, -0.2) is 4.39 Å². The molecule has 2 fully saturated rings. The zero-order valence-electron chi connectivity index (χ0n) is 17.1. The van der Waals surface area contributed by atoms with E-state index in [1.165, 1.54) is 0 Å². The van der Waals surface area contributed by atoms with Gasteiger partial charge in [-0.1, -0.05) is 48.0 Å². The summed E-state index contributed by atoms with van der Waals surface area (Å²) in [4.78, 5) is 0. The molecule has 4 rings (SSSR count). The van der Waals surface area contributed by atoms with E-state index in [0.717, 1.165) is 23.1 Å². The third-order valence-electron chi connectivity index (χ3n) is 6.48. The first kappa shape index (κ1) is 22.6. The van der Waals surface area contributed by atoms with E-state index in [-0.39, 0.29) is 0 Å². The van der Waals surface area contributed by atoms with Gasteiger partial charge in [0, 0.05) is 11.4 Å². The predicted octanol–water partition coefficient (Wildman–Crippen LogP) is 2.88. The highest BCUT2D eigenvalue weighted by Crippen LogP contribution is 2.39. The SMILES string of the molecule is OC[C@H]1O[C@@H](c2ccc(Cl)c(Cc3ccc(CC4(F)CCC4)cc3)c2)[C@H](O)[C@@H](O)[C@@H]1O. The molecule has 5 nitrogen and oxygen atoms in total. The fraction of sp³-hybridized carbons (Fsp3) is 0.500. The summed E-state index contributed by atoms with van der Waals surface area (Å²) in [6.07, 6.45) is -2.84. The number of alkyl halides is 1. The van der Waals surface area contributed by atoms with Crippen LogP contribution in [0.2, 0.25) is 5.02 Å². The normalized spacial score (nSPS) is 30.1. The second-order valence-corrected chi connectivity index (χ2v) is 9.18. The summed E-state index contributed by atoms with van der Waals surface area (Å²) in [7, 11) is 0. The van der Waals surface area contributed by atoms with Crippen molar-refractivity contribution in [1.82, 2.24) is 0 Å². The first-order valence-corrected chi connectivity index (χ1v) is 11.0. The molecule has 7 heteroatoms. The molecule has 4 N–H and O–H groups in total. The van der Waals surface area contributed by atoms with Gasteiger partial charge in [-0.3, -0.25) is 0 Å². The average Bonchev–Trinajstić information content (AvgIpc) is 2.74. The Morgan fingerprint density at radius 1 is 0.968 bits per heavy atom. The van der Waals surface area contributed by atoms with Crippen molar-refractivity contribution in [1.29, 1.82) is 0 Å². The van der Waals surface area contributed by atoms with Crippen LogP contribution in [0, 0.1) is 0 Å².